The predicted molar refractivity (Wildman–Crippen MR) is 66.4 cm³/mol. The SMILES string of the molecule is O=C(O)CSc1nncn1-c1ccccc1OC(F)(F)F. The number of carbonyl (C=O) groups is 1. The molecule has 0 aliphatic rings. The van der Waals surface area contributed by atoms with Gasteiger partial charge in [0.1, 0.15) is 6.33 Å². The topological polar surface area (TPSA) is 77.2 Å². The summed E-state index contributed by atoms with van der Waals surface area (Å²) in [6.45, 7) is 0. The number of nitrogens with zero attached hydrogens (tertiary/aromatic N) is 3. The van der Waals surface area contributed by atoms with Crippen LogP contribution in [0.3, 0.4) is 0 Å². The van der Waals surface area contributed by atoms with Crippen LogP contribution in [0.15, 0.2) is 35.7 Å². The minimum Gasteiger partial charge on any atom is -0.481 e. The van der Waals surface area contributed by atoms with Gasteiger partial charge < -0.3 is 9.84 Å². The van der Waals surface area contributed by atoms with E-state index in [0.29, 0.717) is 0 Å². The third-order valence-electron chi connectivity index (χ3n) is 2.19. The maximum absolute atomic E-state index is 12.4. The number of benzene rings is 1. The first-order valence-electron chi connectivity index (χ1n) is 5.46. The maximum Gasteiger partial charge on any atom is 0.573 e. The number of alkyl halides is 3. The van der Waals surface area contributed by atoms with Crippen molar-refractivity contribution in [2.75, 3.05) is 5.75 Å². The van der Waals surface area contributed by atoms with Crippen molar-refractivity contribution in [2.24, 2.45) is 0 Å². The van der Waals surface area contributed by atoms with Crippen LogP contribution in [0.1, 0.15) is 0 Å². The highest BCUT2D eigenvalue weighted by Crippen LogP contribution is 2.30. The number of halogens is 3. The summed E-state index contributed by atoms with van der Waals surface area (Å²) in [5, 5.41) is 16.0. The summed E-state index contributed by atoms with van der Waals surface area (Å²) in [6, 6.07) is 5.44. The van der Waals surface area contributed by atoms with Crippen LogP contribution in [0.2, 0.25) is 0 Å². The lowest BCUT2D eigenvalue weighted by atomic mass is 10.3. The number of hydrogen-bond donors (Lipinski definition) is 1. The quantitative estimate of drug-likeness (QED) is 0.853. The van der Waals surface area contributed by atoms with Crippen LogP contribution >= 0.6 is 11.8 Å². The van der Waals surface area contributed by atoms with Crippen molar-refractivity contribution in [3.63, 3.8) is 0 Å². The molecule has 0 fully saturated rings. The molecule has 0 atom stereocenters. The standard InChI is InChI=1S/C11H8F3N3O3S/c12-11(13,14)20-8-4-2-1-3-7(8)17-6-15-16-10(17)21-5-9(18)19/h1-4,6H,5H2,(H,18,19). The predicted octanol–water partition coefficient (Wildman–Crippen LogP) is 2.34. The van der Waals surface area contributed by atoms with Crippen molar-refractivity contribution in [2.45, 2.75) is 11.5 Å². The van der Waals surface area contributed by atoms with Crippen LogP contribution in [0.4, 0.5) is 13.2 Å². The van der Waals surface area contributed by atoms with Crippen molar-refractivity contribution in [3.05, 3.63) is 30.6 Å². The molecule has 10 heteroatoms. The number of para-hydroxylation sites is 2. The second kappa shape index (κ2) is 6.04. The molecule has 0 unspecified atom stereocenters. The Hall–Kier alpha value is -2.23. The number of aliphatic carboxylic acids is 1. The van der Waals surface area contributed by atoms with Crippen LogP contribution in [-0.4, -0.2) is 38.0 Å². The Kier molecular flexibility index (Phi) is 4.36. The van der Waals surface area contributed by atoms with Crippen molar-refractivity contribution in [3.8, 4) is 11.4 Å². The number of rotatable bonds is 5. The van der Waals surface area contributed by atoms with Gasteiger partial charge in [0.05, 0.1) is 11.4 Å². The molecular formula is C11H8F3N3O3S. The molecule has 0 aliphatic carbocycles. The molecule has 0 aliphatic heterocycles. The van der Waals surface area contributed by atoms with E-state index in [1.54, 1.807) is 0 Å². The Morgan fingerprint density at radius 2 is 2.10 bits per heavy atom. The zero-order valence-corrected chi connectivity index (χ0v) is 11.1. The number of ether oxygens (including phenoxy) is 1. The molecule has 6 nitrogen and oxygen atoms in total. The highest BCUT2D eigenvalue weighted by atomic mass is 32.2. The normalized spacial score (nSPS) is 11.4. The summed E-state index contributed by atoms with van der Waals surface area (Å²) < 4.78 is 42.3. The highest BCUT2D eigenvalue weighted by molar-refractivity contribution is 7.99. The molecular weight excluding hydrogens is 311 g/mol. The van der Waals surface area contributed by atoms with Gasteiger partial charge in [-0.25, -0.2) is 0 Å². The first-order valence-corrected chi connectivity index (χ1v) is 6.45. The van der Waals surface area contributed by atoms with E-state index < -0.39 is 18.1 Å². The zero-order chi connectivity index (χ0) is 15.5. The summed E-state index contributed by atoms with van der Waals surface area (Å²) in [4.78, 5) is 10.5. The molecule has 1 N–H and O–H groups in total. The van der Waals surface area contributed by atoms with Crippen LogP contribution in [-0.2, 0) is 4.79 Å². The Morgan fingerprint density at radius 3 is 2.76 bits per heavy atom. The molecule has 1 aromatic heterocycles. The molecule has 2 aromatic rings. The molecule has 112 valence electrons. The molecule has 2 rings (SSSR count). The molecule has 0 saturated heterocycles. The lowest BCUT2D eigenvalue weighted by molar-refractivity contribution is -0.274. The van der Waals surface area contributed by atoms with Gasteiger partial charge in [-0.1, -0.05) is 23.9 Å². The van der Waals surface area contributed by atoms with E-state index in [2.05, 4.69) is 14.9 Å². The van der Waals surface area contributed by atoms with Crippen LogP contribution < -0.4 is 4.74 Å². The van der Waals surface area contributed by atoms with Gasteiger partial charge in [0.2, 0.25) is 0 Å². The van der Waals surface area contributed by atoms with Gasteiger partial charge in [0, 0.05) is 0 Å². The monoisotopic (exact) mass is 319 g/mol. The van der Waals surface area contributed by atoms with E-state index in [-0.39, 0.29) is 16.6 Å². The number of hydrogen-bond acceptors (Lipinski definition) is 5. The van der Waals surface area contributed by atoms with Crippen molar-refractivity contribution in [1.82, 2.24) is 14.8 Å². The minimum absolute atomic E-state index is 0.0627. The van der Waals surface area contributed by atoms with E-state index in [4.69, 9.17) is 5.11 Å². The van der Waals surface area contributed by atoms with E-state index in [1.165, 1.54) is 29.1 Å². The second-order valence-electron chi connectivity index (χ2n) is 3.68. The highest BCUT2D eigenvalue weighted by Gasteiger charge is 2.32. The van der Waals surface area contributed by atoms with Gasteiger partial charge in [0.25, 0.3) is 0 Å². The molecule has 0 saturated carbocycles. The Morgan fingerprint density at radius 1 is 1.38 bits per heavy atom. The van der Waals surface area contributed by atoms with E-state index in [0.717, 1.165) is 17.8 Å². The summed E-state index contributed by atoms with van der Waals surface area (Å²) in [5.41, 5.74) is 0.0627. The van der Waals surface area contributed by atoms with Gasteiger partial charge in [-0.05, 0) is 12.1 Å². The van der Waals surface area contributed by atoms with E-state index in [9.17, 15) is 18.0 Å². The Bertz CT molecular complexity index is 645. The molecule has 0 amide bonds. The molecule has 0 bridgehead atoms. The van der Waals surface area contributed by atoms with Crippen LogP contribution in [0.5, 0.6) is 5.75 Å². The molecule has 21 heavy (non-hydrogen) atoms. The third kappa shape index (κ3) is 4.12. The number of aromatic nitrogens is 3. The number of carboxylic acids is 1. The fraction of sp³-hybridized carbons (Fsp3) is 0.182. The lowest BCUT2D eigenvalue weighted by Crippen LogP contribution is -2.18. The summed E-state index contributed by atoms with van der Waals surface area (Å²) >= 11 is 0.836. The first-order chi connectivity index (χ1) is 9.87. The van der Waals surface area contributed by atoms with E-state index in [1.807, 2.05) is 0 Å². The van der Waals surface area contributed by atoms with Gasteiger partial charge >= 0.3 is 12.3 Å². The van der Waals surface area contributed by atoms with E-state index >= 15 is 0 Å². The van der Waals surface area contributed by atoms with Gasteiger partial charge in [-0.15, -0.1) is 23.4 Å². The van der Waals surface area contributed by atoms with Gasteiger partial charge in [0.15, 0.2) is 10.9 Å². The van der Waals surface area contributed by atoms with Gasteiger partial charge in [-0.2, -0.15) is 0 Å². The van der Waals surface area contributed by atoms with Gasteiger partial charge in [-0.3, -0.25) is 9.36 Å². The minimum atomic E-state index is -4.83. The molecule has 0 spiro atoms. The average Bonchev–Trinajstić information content (AvgIpc) is 2.83. The first kappa shape index (κ1) is 15.2. The molecule has 1 aromatic carbocycles. The maximum atomic E-state index is 12.4. The zero-order valence-electron chi connectivity index (χ0n) is 10.2. The van der Waals surface area contributed by atoms with Crippen LogP contribution in [0.25, 0.3) is 5.69 Å². The summed E-state index contributed by atoms with van der Waals surface area (Å²) in [7, 11) is 0. The fourth-order valence-corrected chi connectivity index (χ4v) is 2.12. The number of thioether (sulfide) groups is 1. The number of carboxylic acid groups (broad SMARTS) is 1. The fourth-order valence-electron chi connectivity index (χ4n) is 1.48. The Balaban J connectivity index is 2.34. The summed E-state index contributed by atoms with van der Waals surface area (Å²) in [5.74, 6) is -1.79. The van der Waals surface area contributed by atoms with Crippen molar-refractivity contribution >= 4 is 17.7 Å². The largest absolute Gasteiger partial charge is 0.573 e. The average molecular weight is 319 g/mol. The van der Waals surface area contributed by atoms with Crippen molar-refractivity contribution < 1.29 is 27.8 Å². The second-order valence-corrected chi connectivity index (χ2v) is 4.62. The molecule has 0 radical (unpaired) electrons. The Labute approximate surface area is 120 Å². The lowest BCUT2D eigenvalue weighted by Gasteiger charge is -2.14. The van der Waals surface area contributed by atoms with Crippen LogP contribution in [0, 0.1) is 0 Å². The molecule has 1 heterocycles. The third-order valence-corrected chi connectivity index (χ3v) is 3.12. The van der Waals surface area contributed by atoms with Crippen molar-refractivity contribution in [1.29, 1.82) is 0 Å². The smallest absolute Gasteiger partial charge is 0.481 e. The summed E-state index contributed by atoms with van der Waals surface area (Å²) in [6.07, 6.45) is -3.65.